The number of aromatic nitrogens is 1. The zero-order chi connectivity index (χ0) is 17.9. The second-order valence-corrected chi connectivity index (χ2v) is 6.80. The summed E-state index contributed by atoms with van der Waals surface area (Å²) in [7, 11) is 0. The standard InChI is InChI=1S/C22H14N2OS/c23-14-18(22-24-19-8-4-5-9-20(19)26-22)21(25)17-12-10-16(11-13-17)15-6-2-1-3-7-15/h1-13,25H/b21-18-. The highest BCUT2D eigenvalue weighted by Gasteiger charge is 2.15. The molecule has 0 aliphatic heterocycles. The number of para-hydroxylation sites is 1. The van der Waals surface area contributed by atoms with Gasteiger partial charge in [-0.15, -0.1) is 11.3 Å². The predicted molar refractivity (Wildman–Crippen MR) is 107 cm³/mol. The highest BCUT2D eigenvalue weighted by molar-refractivity contribution is 7.19. The molecule has 3 nitrogen and oxygen atoms in total. The molecule has 0 saturated heterocycles. The average molecular weight is 354 g/mol. The fourth-order valence-corrected chi connectivity index (χ4v) is 3.74. The minimum atomic E-state index is -0.0498. The van der Waals surface area contributed by atoms with Crippen LogP contribution in [0.4, 0.5) is 0 Å². The lowest BCUT2D eigenvalue weighted by Gasteiger charge is -2.05. The first kappa shape index (κ1) is 16.1. The van der Waals surface area contributed by atoms with Crippen molar-refractivity contribution in [2.24, 2.45) is 0 Å². The summed E-state index contributed by atoms with van der Waals surface area (Å²) in [6, 6.07) is 27.3. The van der Waals surface area contributed by atoms with E-state index in [1.54, 1.807) is 0 Å². The van der Waals surface area contributed by atoms with Crippen molar-refractivity contribution in [3.05, 3.63) is 89.4 Å². The molecule has 0 bridgehead atoms. The van der Waals surface area contributed by atoms with Gasteiger partial charge in [0.25, 0.3) is 0 Å². The molecule has 26 heavy (non-hydrogen) atoms. The van der Waals surface area contributed by atoms with Gasteiger partial charge in [-0.05, 0) is 23.3 Å². The summed E-state index contributed by atoms with van der Waals surface area (Å²) in [6.45, 7) is 0. The van der Waals surface area contributed by atoms with E-state index in [1.807, 2.05) is 78.9 Å². The monoisotopic (exact) mass is 354 g/mol. The molecule has 0 spiro atoms. The maximum atomic E-state index is 10.6. The van der Waals surface area contributed by atoms with E-state index in [4.69, 9.17) is 0 Å². The number of thiazole rings is 1. The molecule has 4 rings (SSSR count). The Morgan fingerprint density at radius 1 is 0.846 bits per heavy atom. The number of allylic oxidation sites excluding steroid dienone is 1. The van der Waals surface area contributed by atoms with E-state index in [2.05, 4.69) is 11.1 Å². The molecule has 0 saturated carbocycles. The van der Waals surface area contributed by atoms with E-state index in [-0.39, 0.29) is 11.3 Å². The number of fused-ring (bicyclic) bond motifs is 1. The zero-order valence-electron chi connectivity index (χ0n) is 13.8. The van der Waals surface area contributed by atoms with Gasteiger partial charge < -0.3 is 5.11 Å². The van der Waals surface area contributed by atoms with Crippen LogP contribution in [0.25, 0.3) is 32.7 Å². The Bertz CT molecular complexity index is 1100. The summed E-state index contributed by atoms with van der Waals surface area (Å²) in [5.41, 5.74) is 3.78. The van der Waals surface area contributed by atoms with E-state index < -0.39 is 0 Å². The van der Waals surface area contributed by atoms with Crippen LogP contribution in [0, 0.1) is 11.3 Å². The van der Waals surface area contributed by atoms with Crippen LogP contribution in [-0.2, 0) is 0 Å². The number of nitrogens with zero attached hydrogens (tertiary/aromatic N) is 2. The van der Waals surface area contributed by atoms with Gasteiger partial charge in [-0.2, -0.15) is 5.26 Å². The summed E-state index contributed by atoms with van der Waals surface area (Å²) in [4.78, 5) is 4.47. The number of benzene rings is 3. The Balaban J connectivity index is 1.74. The molecule has 124 valence electrons. The summed E-state index contributed by atoms with van der Waals surface area (Å²) < 4.78 is 0.988. The van der Waals surface area contributed by atoms with Crippen LogP contribution in [0.15, 0.2) is 78.9 Å². The van der Waals surface area contributed by atoms with Crippen molar-refractivity contribution < 1.29 is 5.11 Å². The first-order valence-corrected chi connectivity index (χ1v) is 8.93. The summed E-state index contributed by atoms with van der Waals surface area (Å²) >= 11 is 1.40. The third kappa shape index (κ3) is 2.97. The normalized spacial score (nSPS) is 11.8. The van der Waals surface area contributed by atoms with Crippen molar-refractivity contribution >= 4 is 32.9 Å². The van der Waals surface area contributed by atoms with Crippen LogP contribution in [0.3, 0.4) is 0 Å². The third-order valence-corrected chi connectivity index (χ3v) is 5.18. The second-order valence-electron chi connectivity index (χ2n) is 5.77. The molecule has 0 amide bonds. The smallest absolute Gasteiger partial charge is 0.143 e. The first-order valence-electron chi connectivity index (χ1n) is 8.11. The maximum Gasteiger partial charge on any atom is 0.143 e. The first-order chi connectivity index (χ1) is 12.8. The van der Waals surface area contributed by atoms with Gasteiger partial charge in [0.2, 0.25) is 0 Å². The van der Waals surface area contributed by atoms with Crippen molar-refractivity contribution in [3.63, 3.8) is 0 Å². The van der Waals surface area contributed by atoms with Gasteiger partial charge in [0.1, 0.15) is 22.4 Å². The Morgan fingerprint density at radius 3 is 2.19 bits per heavy atom. The summed E-state index contributed by atoms with van der Waals surface area (Å²) in [5, 5.41) is 20.7. The fourth-order valence-electron chi connectivity index (χ4n) is 2.78. The molecule has 1 aromatic heterocycles. The topological polar surface area (TPSA) is 56.9 Å². The van der Waals surface area contributed by atoms with E-state index in [0.717, 1.165) is 21.3 Å². The van der Waals surface area contributed by atoms with E-state index in [0.29, 0.717) is 10.6 Å². The maximum absolute atomic E-state index is 10.6. The lowest BCUT2D eigenvalue weighted by Crippen LogP contribution is -1.90. The minimum Gasteiger partial charge on any atom is -0.506 e. The number of rotatable bonds is 3. The Labute approximate surface area is 155 Å². The molecular formula is C22H14N2OS. The highest BCUT2D eigenvalue weighted by Crippen LogP contribution is 2.31. The lowest BCUT2D eigenvalue weighted by molar-refractivity contribution is 0.514. The zero-order valence-corrected chi connectivity index (χ0v) is 14.6. The third-order valence-electron chi connectivity index (χ3n) is 4.12. The van der Waals surface area contributed by atoms with Crippen molar-refractivity contribution in [1.29, 1.82) is 5.26 Å². The molecule has 4 aromatic rings. The molecule has 0 unspecified atom stereocenters. The van der Waals surface area contributed by atoms with Gasteiger partial charge >= 0.3 is 0 Å². The van der Waals surface area contributed by atoms with Crippen molar-refractivity contribution in [2.45, 2.75) is 0 Å². The van der Waals surface area contributed by atoms with Crippen LogP contribution in [0.1, 0.15) is 10.6 Å². The van der Waals surface area contributed by atoms with Crippen molar-refractivity contribution in [3.8, 4) is 17.2 Å². The SMILES string of the molecule is N#C/C(=C(/O)c1ccc(-c2ccccc2)cc1)c1nc2ccccc2s1. The van der Waals surface area contributed by atoms with E-state index >= 15 is 0 Å². The number of hydrogen-bond donors (Lipinski definition) is 1. The van der Waals surface area contributed by atoms with Crippen LogP contribution in [0.5, 0.6) is 0 Å². The van der Waals surface area contributed by atoms with Gasteiger partial charge in [-0.3, -0.25) is 0 Å². The van der Waals surface area contributed by atoms with Crippen LogP contribution < -0.4 is 0 Å². The van der Waals surface area contributed by atoms with Gasteiger partial charge in [0.15, 0.2) is 0 Å². The Morgan fingerprint density at radius 2 is 1.50 bits per heavy atom. The molecule has 0 atom stereocenters. The van der Waals surface area contributed by atoms with Gasteiger partial charge in [-0.25, -0.2) is 4.98 Å². The van der Waals surface area contributed by atoms with Crippen LogP contribution >= 0.6 is 11.3 Å². The predicted octanol–water partition coefficient (Wildman–Crippen LogP) is 5.91. The van der Waals surface area contributed by atoms with E-state index in [1.165, 1.54) is 11.3 Å². The number of aliphatic hydroxyl groups excluding tert-OH is 1. The molecule has 1 heterocycles. The number of aliphatic hydroxyl groups is 1. The van der Waals surface area contributed by atoms with E-state index in [9.17, 15) is 10.4 Å². The molecule has 0 radical (unpaired) electrons. The highest BCUT2D eigenvalue weighted by atomic mass is 32.1. The fraction of sp³-hybridized carbons (Fsp3) is 0. The molecule has 3 aromatic carbocycles. The molecule has 4 heteroatoms. The Kier molecular flexibility index (Phi) is 4.22. The molecule has 0 aliphatic carbocycles. The lowest BCUT2D eigenvalue weighted by atomic mass is 10.0. The quantitative estimate of drug-likeness (QED) is 0.367. The van der Waals surface area contributed by atoms with Gasteiger partial charge in [0.05, 0.1) is 10.2 Å². The Hall–Kier alpha value is -3.42. The van der Waals surface area contributed by atoms with Crippen molar-refractivity contribution in [2.75, 3.05) is 0 Å². The molecule has 1 N–H and O–H groups in total. The van der Waals surface area contributed by atoms with Crippen LogP contribution in [-0.4, -0.2) is 10.1 Å². The second kappa shape index (κ2) is 6.83. The molecular weight excluding hydrogens is 340 g/mol. The number of nitriles is 1. The molecule has 0 aliphatic rings. The summed E-state index contributed by atoms with van der Waals surface area (Å²) in [5.74, 6) is -0.0498. The van der Waals surface area contributed by atoms with Crippen LogP contribution in [0.2, 0.25) is 0 Å². The summed E-state index contributed by atoms with van der Waals surface area (Å²) in [6.07, 6.45) is 0. The van der Waals surface area contributed by atoms with Gasteiger partial charge in [0, 0.05) is 5.56 Å². The van der Waals surface area contributed by atoms with Crippen molar-refractivity contribution in [1.82, 2.24) is 4.98 Å². The van der Waals surface area contributed by atoms with Gasteiger partial charge in [-0.1, -0.05) is 66.7 Å². The largest absolute Gasteiger partial charge is 0.506 e. The number of hydrogen-bond acceptors (Lipinski definition) is 4. The average Bonchev–Trinajstić information content (AvgIpc) is 3.13. The molecule has 0 fully saturated rings. The minimum absolute atomic E-state index is 0.0498.